The predicted octanol–water partition coefficient (Wildman–Crippen LogP) is 1.11. The van der Waals surface area contributed by atoms with Gasteiger partial charge in [-0.15, -0.1) is 0 Å². The zero-order valence-corrected chi connectivity index (χ0v) is 8.94. The van der Waals surface area contributed by atoms with Crippen LogP contribution in [-0.2, 0) is 0 Å². The molecule has 1 heterocycles. The first-order valence-corrected chi connectivity index (χ1v) is 15.8. The number of hydrogen-bond donors (Lipinski definition) is 0. The molecule has 1 rings (SSSR count). The van der Waals surface area contributed by atoms with Gasteiger partial charge in [-0.25, -0.2) is 0 Å². The summed E-state index contributed by atoms with van der Waals surface area (Å²) in [4.78, 5) is 0. The van der Waals surface area contributed by atoms with Crippen molar-refractivity contribution in [3.05, 3.63) is 19.7 Å². The Morgan fingerprint density at radius 2 is 1.33 bits per heavy atom. The van der Waals surface area contributed by atoms with Crippen LogP contribution >= 0.6 is 0 Å². The van der Waals surface area contributed by atoms with Crippen LogP contribution in [-0.4, -0.2) is 0 Å². The van der Waals surface area contributed by atoms with E-state index in [1.165, 1.54) is 0 Å². The number of rotatable bonds is 0. The molecule has 0 aliphatic carbocycles. The fourth-order valence-corrected chi connectivity index (χ4v) is 9.20. The van der Waals surface area contributed by atoms with Gasteiger partial charge in [0.25, 0.3) is 0 Å². The van der Waals surface area contributed by atoms with E-state index >= 15 is 0 Å². The molecule has 34 valence electrons. The van der Waals surface area contributed by atoms with Gasteiger partial charge in [0.2, 0.25) is 0 Å². The van der Waals surface area contributed by atoms with Crippen molar-refractivity contribution in [2.24, 2.45) is 0 Å². The average Bonchev–Trinajstić information content (AvgIpc) is 1.72. The van der Waals surface area contributed by atoms with Crippen molar-refractivity contribution in [3.8, 4) is 0 Å². The second-order valence-electron chi connectivity index (χ2n) is 0.802. The van der Waals surface area contributed by atoms with Gasteiger partial charge < -0.3 is 0 Å². The molecule has 0 saturated carbocycles. The Labute approximate surface area is 55.8 Å². The second kappa shape index (κ2) is 3.27. The maximum atomic E-state index is 2.40. The van der Waals surface area contributed by atoms with E-state index in [1.54, 1.807) is 0 Å². The summed E-state index contributed by atoms with van der Waals surface area (Å²) in [7, 11) is 0. The molecule has 2 heteroatoms. The zero-order valence-electron chi connectivity index (χ0n) is 3.07. The van der Waals surface area contributed by atoms with Crippen molar-refractivity contribution >= 4 is 0 Å². The van der Waals surface area contributed by atoms with Gasteiger partial charge in [0, 0.05) is 0 Å². The topological polar surface area (TPSA) is 0 Å². The summed E-state index contributed by atoms with van der Waals surface area (Å²) in [6.07, 6.45) is 4.39. The minimum absolute atomic E-state index is 0.295. The van der Waals surface area contributed by atoms with Crippen LogP contribution in [0.5, 0.6) is 0 Å². The SMILES string of the molecule is C1=C[At][At]C=C1. The van der Waals surface area contributed by atoms with Gasteiger partial charge in [-0.3, -0.25) is 0 Å². The Hall–Kier alpha value is 1.25. The van der Waals surface area contributed by atoms with Gasteiger partial charge >= 0.3 is 56.6 Å². The van der Waals surface area contributed by atoms with E-state index in [0.29, 0.717) is 36.9 Å². The van der Waals surface area contributed by atoms with Crippen molar-refractivity contribution in [2.45, 2.75) is 0 Å². The molecule has 0 saturated heterocycles. The van der Waals surface area contributed by atoms with Crippen LogP contribution in [0.3, 0.4) is 0 Å². The molecule has 0 spiro atoms. The standard InChI is InChI=1S/C4H4At2/c1-2-4-6-5-3-1/h1-4H. The van der Waals surface area contributed by atoms with E-state index in [-0.39, 0.29) is 0 Å². The van der Waals surface area contributed by atoms with E-state index in [4.69, 9.17) is 0 Å². The molecular weight excluding hydrogens is 468 g/mol. The summed E-state index contributed by atoms with van der Waals surface area (Å²) in [5.74, 6) is 0. The van der Waals surface area contributed by atoms with Crippen LogP contribution in [0.25, 0.3) is 0 Å². The van der Waals surface area contributed by atoms with Gasteiger partial charge in [0.15, 0.2) is 0 Å². The van der Waals surface area contributed by atoms with Crippen LogP contribution in [0.1, 0.15) is 0 Å². The third-order valence-corrected chi connectivity index (χ3v) is 12.4. The molecule has 0 N–H and O–H groups in total. The summed E-state index contributed by atoms with van der Waals surface area (Å²) >= 11 is 0.590. The van der Waals surface area contributed by atoms with E-state index in [9.17, 15) is 0 Å². The summed E-state index contributed by atoms with van der Waals surface area (Å²) in [6.45, 7) is 0. The molecule has 0 amide bonds. The summed E-state index contributed by atoms with van der Waals surface area (Å²) < 4.78 is 4.80. The van der Waals surface area contributed by atoms with Gasteiger partial charge in [0.1, 0.15) is 0 Å². The van der Waals surface area contributed by atoms with Crippen molar-refractivity contribution in [3.63, 3.8) is 0 Å². The van der Waals surface area contributed by atoms with Crippen molar-refractivity contribution < 1.29 is 36.9 Å². The van der Waals surface area contributed by atoms with Crippen LogP contribution in [0.4, 0.5) is 0 Å². The third kappa shape index (κ3) is 1.80. The maximum absolute atomic E-state index is 2.40. The van der Waals surface area contributed by atoms with E-state index < -0.39 is 0 Å². The fraction of sp³-hybridized carbons (Fsp3) is 0. The molecule has 0 aromatic heterocycles. The first-order valence-electron chi connectivity index (χ1n) is 1.58. The Balaban J connectivity index is 2.46. The van der Waals surface area contributed by atoms with Crippen molar-refractivity contribution in [1.82, 2.24) is 0 Å². The normalized spacial score (nSPS) is 18.7. The zero-order chi connectivity index (χ0) is 4.24. The molecule has 2 radical (unpaired) electrons. The summed E-state index contributed by atoms with van der Waals surface area (Å²) in [5.41, 5.74) is 0. The molecule has 6 heavy (non-hydrogen) atoms. The quantitative estimate of drug-likeness (QED) is 0.496. The predicted molar refractivity (Wildman–Crippen MR) is 18.3 cm³/mol. The first-order chi connectivity index (χ1) is 3.00. The Morgan fingerprint density at radius 3 is 1.50 bits per heavy atom. The van der Waals surface area contributed by atoms with Crippen LogP contribution in [0, 0.1) is 36.9 Å². The van der Waals surface area contributed by atoms with Crippen molar-refractivity contribution in [2.75, 3.05) is 0 Å². The average molecular weight is 472 g/mol. The second-order valence-corrected chi connectivity index (χ2v) is 15.3. The Morgan fingerprint density at radius 1 is 0.833 bits per heavy atom. The summed E-state index contributed by atoms with van der Waals surface area (Å²) in [5, 5.41) is 0. The van der Waals surface area contributed by atoms with Gasteiger partial charge in [-0.2, -0.15) is 0 Å². The molecule has 0 fully saturated rings. The molecule has 0 atom stereocenters. The van der Waals surface area contributed by atoms with Gasteiger partial charge in [0.05, 0.1) is 0 Å². The number of hydrogen-bond acceptors (Lipinski definition) is 0. The van der Waals surface area contributed by atoms with E-state index in [1.807, 2.05) is 0 Å². The minimum atomic E-state index is 0.295. The van der Waals surface area contributed by atoms with Gasteiger partial charge in [-0.05, 0) is 0 Å². The molecule has 0 aromatic rings. The molecular formula is C4H4At2. The molecule has 0 unspecified atom stereocenters. The molecule has 0 nitrogen and oxygen atoms in total. The monoisotopic (exact) mass is 472 g/mol. The van der Waals surface area contributed by atoms with Crippen LogP contribution in [0.2, 0.25) is 0 Å². The Kier molecular flexibility index (Phi) is 2.94. The van der Waals surface area contributed by atoms with E-state index in [0.717, 1.165) is 0 Å². The fourth-order valence-electron chi connectivity index (χ4n) is 0.194. The molecule has 1 aliphatic heterocycles. The van der Waals surface area contributed by atoms with Crippen LogP contribution < -0.4 is 0 Å². The van der Waals surface area contributed by atoms with E-state index in [2.05, 4.69) is 19.7 Å². The van der Waals surface area contributed by atoms with Crippen LogP contribution in [0.15, 0.2) is 19.7 Å². The van der Waals surface area contributed by atoms with Crippen molar-refractivity contribution in [1.29, 1.82) is 0 Å². The Bertz CT molecular complexity index is 71.5. The third-order valence-electron chi connectivity index (χ3n) is 0.399. The molecule has 1 aliphatic rings. The number of allylic oxidation sites excluding steroid dienone is 2. The first kappa shape index (κ1) is 5.38. The molecule has 0 aromatic carbocycles. The summed E-state index contributed by atoms with van der Waals surface area (Å²) in [6, 6.07) is 0. The molecule has 0 bridgehead atoms. The van der Waals surface area contributed by atoms with Gasteiger partial charge in [-0.1, -0.05) is 0 Å².